The van der Waals surface area contributed by atoms with E-state index in [1.807, 2.05) is 6.07 Å². The highest BCUT2D eigenvalue weighted by molar-refractivity contribution is 6.40. The van der Waals surface area contributed by atoms with Crippen molar-refractivity contribution < 1.29 is 53.4 Å². The number of carboxylic acid groups (broad SMARTS) is 1. The fraction of sp³-hybridized carbons (Fsp3) is 0.592. The number of aliphatic hydroxyl groups is 1. The van der Waals surface area contributed by atoms with Crippen LogP contribution in [0, 0.1) is 16.7 Å². The van der Waals surface area contributed by atoms with Gasteiger partial charge in [0.2, 0.25) is 35.4 Å². The molecule has 1 aliphatic heterocycles. The number of hydrogen-bond donors (Lipinski definition) is 17. The number of aliphatic imine (C=N–C) groups is 1. The van der Waals surface area contributed by atoms with Gasteiger partial charge in [0.1, 0.15) is 41.6 Å². The first-order valence-corrected chi connectivity index (χ1v) is 25.9. The molecule has 1 aromatic rings. The van der Waals surface area contributed by atoms with Crippen molar-refractivity contribution in [1.29, 1.82) is 10.7 Å². The van der Waals surface area contributed by atoms with Gasteiger partial charge < -0.3 is 92.5 Å². The third kappa shape index (κ3) is 23.8. The lowest BCUT2D eigenvalue weighted by Gasteiger charge is -2.28. The van der Waals surface area contributed by atoms with Crippen molar-refractivity contribution in [3.8, 4) is 6.07 Å². The Hall–Kier alpha value is -7.46. The third-order valence-electron chi connectivity index (χ3n) is 12.2. The summed E-state index contributed by atoms with van der Waals surface area (Å²) < 4.78 is 0. The molecule has 24 N–H and O–H groups in total. The number of likely N-dealkylation sites (tertiary alicyclic amines) is 1. The van der Waals surface area contributed by atoms with Gasteiger partial charge in [-0.15, -0.1) is 0 Å². The van der Waals surface area contributed by atoms with Gasteiger partial charge in [-0.3, -0.25) is 43.8 Å². The summed E-state index contributed by atoms with van der Waals surface area (Å²) in [6.07, 6.45) is 2.40. The summed E-state index contributed by atoms with van der Waals surface area (Å²) in [4.78, 5) is 127. The lowest BCUT2D eigenvalue weighted by molar-refractivity contribution is -0.137. The minimum absolute atomic E-state index is 0.0169. The van der Waals surface area contributed by atoms with Crippen LogP contribution in [0.2, 0.25) is 0 Å². The van der Waals surface area contributed by atoms with Gasteiger partial charge in [-0.1, -0.05) is 24.6 Å². The second kappa shape index (κ2) is 36.6. The molecule has 0 unspecified atom stereocenters. The Labute approximate surface area is 452 Å². The Morgan fingerprint density at radius 3 is 1.99 bits per heavy atom. The number of aliphatic hydroxyl groups excluding tert-OH is 1. The number of carbonyl (C=O) groups is 9. The van der Waals surface area contributed by atoms with E-state index in [9.17, 15) is 58.6 Å². The Kier molecular flexibility index (Phi) is 31.2. The first kappa shape index (κ1) is 66.7. The highest BCUT2D eigenvalue weighted by Crippen LogP contribution is 2.20. The van der Waals surface area contributed by atoms with E-state index in [2.05, 4.69) is 42.2 Å². The van der Waals surface area contributed by atoms with Gasteiger partial charge in [-0.2, -0.15) is 5.26 Å². The van der Waals surface area contributed by atoms with E-state index in [0.717, 1.165) is 0 Å². The van der Waals surface area contributed by atoms with Crippen molar-refractivity contribution in [2.75, 3.05) is 52.4 Å². The molecule has 1 fully saturated rings. The Balaban J connectivity index is 2.38. The second-order valence-electron chi connectivity index (χ2n) is 18.4. The second-order valence-corrected chi connectivity index (χ2v) is 18.4. The number of nitrogens with two attached hydrogens (primary N) is 7. The molecular weight excluding hydrogens is 1020 g/mol. The van der Waals surface area contributed by atoms with Crippen LogP contribution < -0.4 is 77.4 Å². The van der Waals surface area contributed by atoms with E-state index in [-0.39, 0.29) is 102 Å². The standard InChI is InChI=1S/C49H80N18O11/c50-19-3-1-9-31(56)41(70)66-40(38(68)27-55)46(75)63-32(11-5-21-52)42(71)60-28-39(69)61-34(12-6-22-53)47(76)67-24-8-14-37(67)45(74)65-36(25-29-15-17-30(26-54)18-16-29)44(73)62-33(10-2-4-20-51)43(72)64-35(48(77)78)13-7-23-59-49(57)58/h13,15-18,31-33,36-38,40,68H,1-12,14,19-25,27-28,50-53,55-56H2,(H,60,71)(H,62,73)(H,63,75)(H,64,72)(H,65,74)(H,66,70)(H,77,78)(H4,57,58,59)/b35-13-,61-34+/t31-,32-,33-,36-,37-,38-,40-/m0/s1. The van der Waals surface area contributed by atoms with Gasteiger partial charge in [-0.25, -0.2) is 9.79 Å². The zero-order valence-electron chi connectivity index (χ0n) is 43.9. The van der Waals surface area contributed by atoms with Crippen molar-refractivity contribution in [3.05, 3.63) is 47.2 Å². The van der Waals surface area contributed by atoms with Crippen LogP contribution in [-0.2, 0) is 49.6 Å². The zero-order valence-corrected chi connectivity index (χ0v) is 43.9. The van der Waals surface area contributed by atoms with E-state index in [0.29, 0.717) is 49.8 Å². The van der Waals surface area contributed by atoms with Crippen LogP contribution >= 0.6 is 0 Å². The van der Waals surface area contributed by atoms with Crippen LogP contribution in [0.1, 0.15) is 94.6 Å². The topological polar surface area (TPSA) is 524 Å². The van der Waals surface area contributed by atoms with Gasteiger partial charge in [0.25, 0.3) is 11.8 Å². The molecule has 2 rings (SSSR count). The summed E-state index contributed by atoms with van der Waals surface area (Å²) in [5.74, 6) is -8.70. The van der Waals surface area contributed by atoms with Gasteiger partial charge in [0.15, 0.2) is 5.96 Å². The maximum Gasteiger partial charge on any atom is 0.352 e. The number of aliphatic carboxylic acids is 1. The fourth-order valence-electron chi connectivity index (χ4n) is 7.93. The molecule has 0 bridgehead atoms. The molecule has 0 radical (unpaired) electrons. The predicted molar refractivity (Wildman–Crippen MR) is 287 cm³/mol. The molecule has 29 heteroatoms. The number of rotatable bonds is 36. The first-order valence-electron chi connectivity index (χ1n) is 25.9. The van der Waals surface area contributed by atoms with E-state index in [4.69, 9.17) is 45.5 Å². The van der Waals surface area contributed by atoms with Crippen molar-refractivity contribution in [2.24, 2.45) is 45.1 Å². The van der Waals surface area contributed by atoms with E-state index >= 15 is 0 Å². The molecule has 8 amide bonds. The minimum Gasteiger partial charge on any atom is -0.477 e. The molecule has 0 aromatic heterocycles. The number of nitrogens with zero attached hydrogens (tertiary/aromatic N) is 3. The first-order chi connectivity index (χ1) is 37.2. The molecule has 0 aliphatic carbocycles. The summed E-state index contributed by atoms with van der Waals surface area (Å²) in [5, 5.41) is 54.5. The van der Waals surface area contributed by atoms with Gasteiger partial charge in [0, 0.05) is 26.1 Å². The minimum atomic E-state index is -1.61. The molecule has 7 atom stereocenters. The number of benzene rings is 1. The quantitative estimate of drug-likeness (QED) is 0.0129. The zero-order chi connectivity index (χ0) is 58.2. The van der Waals surface area contributed by atoms with Gasteiger partial charge in [0.05, 0.1) is 30.3 Å². The average molecular weight is 1100 g/mol. The van der Waals surface area contributed by atoms with E-state index in [1.54, 1.807) is 12.1 Å². The Bertz CT molecular complexity index is 2290. The van der Waals surface area contributed by atoms with Crippen molar-refractivity contribution >= 4 is 64.9 Å². The maximum absolute atomic E-state index is 14.3. The monoisotopic (exact) mass is 1100 g/mol. The van der Waals surface area contributed by atoms with Crippen LogP contribution in [0.15, 0.2) is 41.0 Å². The summed E-state index contributed by atoms with van der Waals surface area (Å²) >= 11 is 0. The SMILES string of the molecule is N#Cc1ccc(C[C@H](NC(=O)[C@@H]2CCCN2C(=O)/C(CCCN)=N/C(=O)CNC(=O)[C@H](CCCN)NC(=O)[C@@H](NC(=O)[C@@H](N)CCCCN)[C@@H](O)CN)C(=O)N[C@@H](CCCCN)C(=O)N/C(=C\CCNC(=N)N)C(=O)O)cc1. The maximum atomic E-state index is 14.3. The molecule has 1 heterocycles. The van der Waals surface area contributed by atoms with Crippen molar-refractivity contribution in [1.82, 2.24) is 42.1 Å². The average Bonchev–Trinajstić information content (AvgIpc) is 3.92. The lowest BCUT2D eigenvalue weighted by atomic mass is 10.0. The number of amides is 8. The number of carbonyl (C=O) groups excluding carboxylic acids is 8. The summed E-state index contributed by atoms with van der Waals surface area (Å²) in [6.45, 7) is -0.264. The highest BCUT2D eigenvalue weighted by Gasteiger charge is 2.39. The molecule has 1 saturated heterocycles. The number of nitriles is 1. The number of carboxylic acids is 1. The Morgan fingerprint density at radius 2 is 1.38 bits per heavy atom. The van der Waals surface area contributed by atoms with Crippen LogP contribution in [-0.4, -0.2) is 175 Å². The van der Waals surface area contributed by atoms with Crippen molar-refractivity contribution in [3.63, 3.8) is 0 Å². The Morgan fingerprint density at radius 1 is 0.769 bits per heavy atom. The molecule has 432 valence electrons. The van der Waals surface area contributed by atoms with Gasteiger partial charge >= 0.3 is 5.97 Å². The largest absolute Gasteiger partial charge is 0.477 e. The summed E-state index contributed by atoms with van der Waals surface area (Å²) in [5.41, 5.74) is 39.6. The lowest BCUT2D eigenvalue weighted by Crippen LogP contribution is -2.60. The molecule has 29 nitrogen and oxygen atoms in total. The van der Waals surface area contributed by atoms with Crippen LogP contribution in [0.25, 0.3) is 0 Å². The summed E-state index contributed by atoms with van der Waals surface area (Å²) in [6, 6.07) is 0.253. The molecule has 0 spiro atoms. The third-order valence-corrected chi connectivity index (χ3v) is 12.2. The number of guanidine groups is 1. The van der Waals surface area contributed by atoms with E-state index in [1.165, 1.54) is 23.1 Å². The van der Waals surface area contributed by atoms with Gasteiger partial charge in [-0.05, 0) is 121 Å². The fourth-order valence-corrected chi connectivity index (χ4v) is 7.93. The predicted octanol–water partition coefficient (Wildman–Crippen LogP) is -5.54. The summed E-state index contributed by atoms with van der Waals surface area (Å²) in [7, 11) is 0. The number of unbranched alkanes of at least 4 members (excludes halogenated alkanes) is 2. The highest BCUT2D eigenvalue weighted by atomic mass is 16.4. The molecular formula is C49H80N18O11. The van der Waals surface area contributed by atoms with Crippen LogP contribution in [0.5, 0.6) is 0 Å². The van der Waals surface area contributed by atoms with Crippen LogP contribution in [0.3, 0.4) is 0 Å². The number of nitrogens with one attached hydrogen (secondary N) is 8. The van der Waals surface area contributed by atoms with Crippen LogP contribution in [0.4, 0.5) is 0 Å². The molecule has 0 saturated carbocycles. The normalized spacial score (nSPS) is 15.7. The van der Waals surface area contributed by atoms with Crippen molar-refractivity contribution in [2.45, 2.75) is 132 Å². The molecule has 78 heavy (non-hydrogen) atoms. The molecule has 1 aliphatic rings. The van der Waals surface area contributed by atoms with E-state index < -0.39 is 114 Å². The number of hydrogen-bond acceptors (Lipinski definition) is 18. The molecule has 1 aromatic carbocycles. The smallest absolute Gasteiger partial charge is 0.352 e.